The van der Waals surface area contributed by atoms with Crippen molar-refractivity contribution in [3.63, 3.8) is 0 Å². The number of anilines is 1. The average molecular weight is 435 g/mol. The second-order valence-electron chi connectivity index (χ2n) is 8.51. The second-order valence-corrected chi connectivity index (χ2v) is 10.2. The maximum atomic E-state index is 13.1. The number of hydrogen-bond acceptors (Lipinski definition) is 4. The van der Waals surface area contributed by atoms with Crippen molar-refractivity contribution in [1.82, 2.24) is 14.8 Å². The fourth-order valence-electron chi connectivity index (χ4n) is 3.46. The van der Waals surface area contributed by atoms with Crippen LogP contribution in [0.1, 0.15) is 39.0 Å². The Bertz CT molecular complexity index is 1330. The Labute approximate surface area is 183 Å². The van der Waals surface area contributed by atoms with Crippen molar-refractivity contribution < 1.29 is 8.42 Å². The van der Waals surface area contributed by atoms with Crippen LogP contribution in [-0.2, 0) is 21.9 Å². The normalized spacial score (nSPS) is 12.3. The van der Waals surface area contributed by atoms with Gasteiger partial charge in [0.25, 0.3) is 10.0 Å². The van der Waals surface area contributed by atoms with E-state index in [2.05, 4.69) is 35.6 Å². The smallest absolute Gasteiger partial charge is 0.263 e. The first-order valence-electron chi connectivity index (χ1n) is 10.3. The number of aromatic nitrogens is 3. The molecule has 6 nitrogen and oxygen atoms in total. The van der Waals surface area contributed by atoms with Crippen molar-refractivity contribution >= 4 is 26.7 Å². The SMILES string of the molecule is CCc1cc(NS(=O)(=O)c2ccc(C(C)(C)C)cc2)n(-c2cccc3ncccc23)n1. The second kappa shape index (κ2) is 7.81. The van der Waals surface area contributed by atoms with Crippen LogP contribution < -0.4 is 4.72 Å². The van der Waals surface area contributed by atoms with E-state index >= 15 is 0 Å². The minimum atomic E-state index is -3.78. The van der Waals surface area contributed by atoms with E-state index in [0.717, 1.165) is 27.8 Å². The van der Waals surface area contributed by atoms with E-state index in [-0.39, 0.29) is 10.3 Å². The van der Waals surface area contributed by atoms with Gasteiger partial charge in [-0.05, 0) is 53.8 Å². The van der Waals surface area contributed by atoms with Crippen molar-refractivity contribution in [2.24, 2.45) is 0 Å². The number of hydrogen-bond donors (Lipinski definition) is 1. The van der Waals surface area contributed by atoms with Gasteiger partial charge in [-0.25, -0.2) is 13.1 Å². The molecule has 0 bridgehead atoms. The molecular weight excluding hydrogens is 408 g/mol. The monoisotopic (exact) mass is 434 g/mol. The number of nitrogens with zero attached hydrogens (tertiary/aromatic N) is 3. The maximum absolute atomic E-state index is 13.1. The van der Waals surface area contributed by atoms with Gasteiger partial charge in [0, 0.05) is 17.6 Å². The third kappa shape index (κ3) is 4.18. The predicted octanol–water partition coefficient (Wildman–Crippen LogP) is 5.08. The Morgan fingerprint density at radius 3 is 2.42 bits per heavy atom. The lowest BCUT2D eigenvalue weighted by Crippen LogP contribution is -2.17. The van der Waals surface area contributed by atoms with Gasteiger partial charge in [0.1, 0.15) is 5.82 Å². The summed E-state index contributed by atoms with van der Waals surface area (Å²) in [5.74, 6) is 0.396. The van der Waals surface area contributed by atoms with Gasteiger partial charge < -0.3 is 0 Å². The number of benzene rings is 2. The molecule has 0 aliphatic carbocycles. The fraction of sp³-hybridized carbons (Fsp3) is 0.250. The van der Waals surface area contributed by atoms with Crippen LogP contribution >= 0.6 is 0 Å². The van der Waals surface area contributed by atoms with Crippen LogP contribution in [0.2, 0.25) is 0 Å². The lowest BCUT2D eigenvalue weighted by atomic mass is 9.87. The van der Waals surface area contributed by atoms with Crippen LogP contribution in [0.25, 0.3) is 16.6 Å². The number of pyridine rings is 1. The molecule has 2 heterocycles. The molecule has 0 aliphatic rings. The zero-order valence-electron chi connectivity index (χ0n) is 18.1. The molecule has 2 aromatic carbocycles. The van der Waals surface area contributed by atoms with Gasteiger partial charge in [-0.2, -0.15) is 5.10 Å². The van der Waals surface area contributed by atoms with E-state index in [0.29, 0.717) is 12.2 Å². The summed E-state index contributed by atoms with van der Waals surface area (Å²) in [5.41, 5.74) is 3.41. The Morgan fingerprint density at radius 2 is 1.74 bits per heavy atom. The number of rotatable bonds is 5. The first-order chi connectivity index (χ1) is 14.7. The summed E-state index contributed by atoms with van der Waals surface area (Å²) in [5, 5.41) is 5.53. The summed E-state index contributed by atoms with van der Waals surface area (Å²) in [6.45, 7) is 8.27. The molecule has 31 heavy (non-hydrogen) atoms. The highest BCUT2D eigenvalue weighted by Gasteiger charge is 2.21. The van der Waals surface area contributed by atoms with Crippen LogP contribution in [0.15, 0.2) is 71.8 Å². The van der Waals surface area contributed by atoms with Crippen LogP contribution in [0, 0.1) is 0 Å². The van der Waals surface area contributed by atoms with Crippen molar-refractivity contribution in [1.29, 1.82) is 0 Å². The highest BCUT2D eigenvalue weighted by atomic mass is 32.2. The van der Waals surface area contributed by atoms with E-state index in [9.17, 15) is 8.42 Å². The summed E-state index contributed by atoms with van der Waals surface area (Å²) in [6, 6.07) is 18.3. The van der Waals surface area contributed by atoms with Gasteiger partial charge in [-0.1, -0.05) is 45.9 Å². The molecule has 7 heteroatoms. The molecule has 4 rings (SSSR count). The number of fused-ring (bicyclic) bond motifs is 1. The molecule has 0 amide bonds. The summed E-state index contributed by atoms with van der Waals surface area (Å²) < 4.78 is 30.7. The largest absolute Gasteiger partial charge is 0.263 e. The molecule has 2 aromatic heterocycles. The number of nitrogens with one attached hydrogen (secondary N) is 1. The summed E-state index contributed by atoms with van der Waals surface area (Å²) in [6.07, 6.45) is 2.42. The Balaban J connectivity index is 1.76. The van der Waals surface area contributed by atoms with Gasteiger partial charge in [-0.15, -0.1) is 0 Å². The molecule has 0 fully saturated rings. The van der Waals surface area contributed by atoms with Gasteiger partial charge >= 0.3 is 0 Å². The van der Waals surface area contributed by atoms with E-state index < -0.39 is 10.0 Å². The summed E-state index contributed by atoms with van der Waals surface area (Å²) in [7, 11) is -3.78. The van der Waals surface area contributed by atoms with Crippen LogP contribution in [0.3, 0.4) is 0 Å². The van der Waals surface area contributed by atoms with E-state index in [4.69, 9.17) is 0 Å². The highest BCUT2D eigenvalue weighted by Crippen LogP contribution is 2.27. The molecule has 0 atom stereocenters. The molecule has 160 valence electrons. The van der Waals surface area contributed by atoms with Gasteiger partial charge in [0.05, 0.1) is 21.8 Å². The van der Waals surface area contributed by atoms with Crippen LogP contribution in [-0.4, -0.2) is 23.2 Å². The fourth-order valence-corrected chi connectivity index (χ4v) is 4.49. The molecule has 0 saturated carbocycles. The quantitative estimate of drug-likeness (QED) is 0.475. The molecule has 1 N–H and O–H groups in total. The Morgan fingerprint density at radius 1 is 1.00 bits per heavy atom. The van der Waals surface area contributed by atoms with Crippen molar-refractivity contribution in [2.75, 3.05) is 4.72 Å². The number of sulfonamides is 1. The zero-order valence-corrected chi connectivity index (χ0v) is 18.9. The number of aryl methyl sites for hydroxylation is 1. The molecule has 0 radical (unpaired) electrons. The predicted molar refractivity (Wildman–Crippen MR) is 124 cm³/mol. The standard InChI is InChI=1S/C24H26N4O2S/c1-5-18-16-23(27-31(29,30)19-13-11-17(12-14-19)24(2,3)4)28(26-18)22-10-6-9-21-20(22)8-7-15-25-21/h6-16,27H,5H2,1-4H3. The molecule has 0 unspecified atom stereocenters. The lowest BCUT2D eigenvalue weighted by molar-refractivity contribution is 0.587. The van der Waals surface area contributed by atoms with Crippen molar-refractivity contribution in [3.05, 3.63) is 78.1 Å². The third-order valence-corrected chi connectivity index (χ3v) is 6.61. The van der Waals surface area contributed by atoms with Gasteiger partial charge in [-0.3, -0.25) is 9.71 Å². The minimum absolute atomic E-state index is 0.0488. The van der Waals surface area contributed by atoms with Crippen molar-refractivity contribution in [3.8, 4) is 5.69 Å². The average Bonchev–Trinajstić information content (AvgIpc) is 3.15. The highest BCUT2D eigenvalue weighted by molar-refractivity contribution is 7.92. The molecule has 0 saturated heterocycles. The minimum Gasteiger partial charge on any atom is -0.263 e. The lowest BCUT2D eigenvalue weighted by Gasteiger charge is -2.19. The Hall–Kier alpha value is -3.19. The third-order valence-electron chi connectivity index (χ3n) is 5.24. The molecule has 0 aliphatic heterocycles. The topological polar surface area (TPSA) is 76.9 Å². The first-order valence-corrected chi connectivity index (χ1v) is 11.7. The maximum Gasteiger partial charge on any atom is 0.263 e. The van der Waals surface area contributed by atoms with Crippen molar-refractivity contribution in [2.45, 2.75) is 44.4 Å². The van der Waals surface area contributed by atoms with E-state index in [1.54, 1.807) is 29.1 Å². The zero-order chi connectivity index (χ0) is 22.2. The molecule has 0 spiro atoms. The van der Waals surface area contributed by atoms with Gasteiger partial charge in [0.15, 0.2) is 0 Å². The van der Waals surface area contributed by atoms with E-state index in [1.807, 2.05) is 49.4 Å². The molecule has 4 aromatic rings. The van der Waals surface area contributed by atoms with E-state index in [1.165, 1.54) is 0 Å². The first kappa shape index (κ1) is 21.1. The summed E-state index contributed by atoms with van der Waals surface area (Å²) >= 11 is 0. The Kier molecular flexibility index (Phi) is 5.31. The van der Waals surface area contributed by atoms with Gasteiger partial charge in [0.2, 0.25) is 0 Å². The molecular formula is C24H26N4O2S. The summed E-state index contributed by atoms with van der Waals surface area (Å²) in [4.78, 5) is 4.61. The van der Waals surface area contributed by atoms with Crippen LogP contribution in [0.5, 0.6) is 0 Å². The van der Waals surface area contributed by atoms with Crippen LogP contribution in [0.4, 0.5) is 5.82 Å².